The molecule has 0 aromatic carbocycles. The van der Waals surface area contributed by atoms with Gasteiger partial charge in [-0.25, -0.2) is 0 Å². The maximum absolute atomic E-state index is 11.6. The number of aryl methyl sites for hydroxylation is 1. The smallest absolute Gasteiger partial charge is 0.322 e. The number of hydrogen-bond acceptors (Lipinski definition) is 4. The van der Waals surface area contributed by atoms with Crippen molar-refractivity contribution in [2.75, 3.05) is 6.54 Å². The SMILES string of the molecule is Cc1nnc2n1CC(C(=O)O)N(CC1CCCCC1C)C2. The van der Waals surface area contributed by atoms with Gasteiger partial charge in [0.2, 0.25) is 0 Å². The van der Waals surface area contributed by atoms with Crippen LogP contribution in [0.1, 0.15) is 44.3 Å². The second-order valence-corrected chi connectivity index (χ2v) is 6.58. The van der Waals surface area contributed by atoms with Gasteiger partial charge >= 0.3 is 5.97 Å². The molecule has 2 heterocycles. The number of aliphatic carboxylic acids is 1. The third-order valence-electron chi connectivity index (χ3n) is 5.20. The van der Waals surface area contributed by atoms with Crippen molar-refractivity contribution in [3.05, 3.63) is 11.6 Å². The molecule has 3 rings (SSSR count). The van der Waals surface area contributed by atoms with Gasteiger partial charge in [-0.1, -0.05) is 26.2 Å². The molecule has 2 aliphatic rings. The van der Waals surface area contributed by atoms with Crippen molar-refractivity contribution in [3.63, 3.8) is 0 Å². The number of rotatable bonds is 3. The van der Waals surface area contributed by atoms with E-state index in [2.05, 4.69) is 22.0 Å². The van der Waals surface area contributed by atoms with Gasteiger partial charge in [0, 0.05) is 6.54 Å². The van der Waals surface area contributed by atoms with Crippen molar-refractivity contribution in [1.29, 1.82) is 0 Å². The molecular formula is C15H24N4O2. The Morgan fingerprint density at radius 1 is 1.33 bits per heavy atom. The summed E-state index contributed by atoms with van der Waals surface area (Å²) in [5.74, 6) is 2.26. The minimum Gasteiger partial charge on any atom is -0.480 e. The Bertz CT molecular complexity index is 528. The third-order valence-corrected chi connectivity index (χ3v) is 5.20. The quantitative estimate of drug-likeness (QED) is 0.918. The van der Waals surface area contributed by atoms with E-state index in [-0.39, 0.29) is 0 Å². The van der Waals surface area contributed by atoms with Gasteiger partial charge in [0.25, 0.3) is 0 Å². The topological polar surface area (TPSA) is 71.2 Å². The van der Waals surface area contributed by atoms with Crippen molar-refractivity contribution in [2.24, 2.45) is 11.8 Å². The Labute approximate surface area is 125 Å². The lowest BCUT2D eigenvalue weighted by molar-refractivity contribution is -0.145. The Morgan fingerprint density at radius 2 is 2.10 bits per heavy atom. The summed E-state index contributed by atoms with van der Waals surface area (Å²) in [6, 6.07) is -0.457. The molecule has 3 unspecified atom stereocenters. The van der Waals surface area contributed by atoms with E-state index < -0.39 is 12.0 Å². The van der Waals surface area contributed by atoms with E-state index in [9.17, 15) is 9.90 Å². The molecule has 3 atom stereocenters. The average Bonchev–Trinajstić information content (AvgIpc) is 2.81. The summed E-state index contributed by atoms with van der Waals surface area (Å²) in [5.41, 5.74) is 0. The van der Waals surface area contributed by atoms with E-state index in [1.54, 1.807) is 0 Å². The molecule has 1 saturated carbocycles. The van der Waals surface area contributed by atoms with Crippen molar-refractivity contribution >= 4 is 5.97 Å². The molecule has 0 amide bonds. The first-order valence-electron chi connectivity index (χ1n) is 7.91. The van der Waals surface area contributed by atoms with Crippen molar-refractivity contribution < 1.29 is 9.90 Å². The number of carboxylic acids is 1. The normalized spacial score (nSPS) is 30.1. The van der Waals surface area contributed by atoms with Gasteiger partial charge in [0.15, 0.2) is 0 Å². The van der Waals surface area contributed by atoms with E-state index in [0.29, 0.717) is 24.9 Å². The fourth-order valence-electron chi connectivity index (χ4n) is 3.75. The maximum atomic E-state index is 11.6. The molecule has 0 saturated heterocycles. The van der Waals surface area contributed by atoms with Gasteiger partial charge in [0.05, 0.1) is 13.1 Å². The minimum absolute atomic E-state index is 0.457. The lowest BCUT2D eigenvalue weighted by Gasteiger charge is -2.38. The molecule has 116 valence electrons. The number of hydrogen-bond donors (Lipinski definition) is 1. The minimum atomic E-state index is -0.739. The highest BCUT2D eigenvalue weighted by molar-refractivity contribution is 5.73. The second kappa shape index (κ2) is 5.75. The zero-order valence-corrected chi connectivity index (χ0v) is 12.8. The molecule has 1 aromatic rings. The molecule has 1 aromatic heterocycles. The summed E-state index contributed by atoms with van der Waals surface area (Å²) in [4.78, 5) is 13.7. The highest BCUT2D eigenvalue weighted by Crippen LogP contribution is 2.31. The molecule has 1 fully saturated rings. The molecule has 0 radical (unpaired) electrons. The monoisotopic (exact) mass is 292 g/mol. The fourth-order valence-corrected chi connectivity index (χ4v) is 3.75. The van der Waals surface area contributed by atoms with Gasteiger partial charge in [-0.3, -0.25) is 9.69 Å². The zero-order chi connectivity index (χ0) is 15.0. The van der Waals surface area contributed by atoms with Gasteiger partial charge in [-0.15, -0.1) is 10.2 Å². The largest absolute Gasteiger partial charge is 0.480 e. The van der Waals surface area contributed by atoms with Crippen LogP contribution >= 0.6 is 0 Å². The van der Waals surface area contributed by atoms with Crippen LogP contribution < -0.4 is 0 Å². The lowest BCUT2D eigenvalue weighted by atomic mass is 9.80. The maximum Gasteiger partial charge on any atom is 0.322 e. The molecule has 0 bridgehead atoms. The van der Waals surface area contributed by atoms with Crippen LogP contribution in [-0.4, -0.2) is 43.3 Å². The van der Waals surface area contributed by atoms with Crippen LogP contribution in [-0.2, 0) is 17.9 Å². The molecule has 1 N–H and O–H groups in total. The van der Waals surface area contributed by atoms with Gasteiger partial charge in [0.1, 0.15) is 17.7 Å². The van der Waals surface area contributed by atoms with Gasteiger partial charge in [-0.2, -0.15) is 0 Å². The number of carboxylic acid groups (broad SMARTS) is 1. The van der Waals surface area contributed by atoms with Crippen LogP contribution in [0.15, 0.2) is 0 Å². The van der Waals surface area contributed by atoms with E-state index in [1.165, 1.54) is 25.7 Å². The van der Waals surface area contributed by atoms with Crippen molar-refractivity contribution in [3.8, 4) is 0 Å². The molecule has 6 heteroatoms. The van der Waals surface area contributed by atoms with E-state index in [1.807, 2.05) is 11.5 Å². The van der Waals surface area contributed by atoms with E-state index in [4.69, 9.17) is 0 Å². The summed E-state index contributed by atoms with van der Waals surface area (Å²) in [7, 11) is 0. The standard InChI is InChI=1S/C15H24N4O2/c1-10-5-3-4-6-12(10)7-18-9-14-17-16-11(2)19(14)8-13(18)15(20)21/h10,12-13H,3-9H2,1-2H3,(H,20,21). The second-order valence-electron chi connectivity index (χ2n) is 6.58. The first kappa shape index (κ1) is 14.5. The lowest BCUT2D eigenvalue weighted by Crippen LogP contribution is -2.50. The highest BCUT2D eigenvalue weighted by Gasteiger charge is 2.35. The molecule has 1 aliphatic carbocycles. The van der Waals surface area contributed by atoms with Crippen LogP contribution in [0.5, 0.6) is 0 Å². The summed E-state index contributed by atoms with van der Waals surface area (Å²) >= 11 is 0. The summed E-state index contributed by atoms with van der Waals surface area (Å²) < 4.78 is 1.94. The van der Waals surface area contributed by atoms with Crippen molar-refractivity contribution in [1.82, 2.24) is 19.7 Å². The number of fused-ring (bicyclic) bond motifs is 1. The zero-order valence-electron chi connectivity index (χ0n) is 12.8. The van der Waals surface area contributed by atoms with Gasteiger partial charge in [-0.05, 0) is 25.2 Å². The number of nitrogens with zero attached hydrogens (tertiary/aromatic N) is 4. The van der Waals surface area contributed by atoms with Crippen LogP contribution in [0.25, 0.3) is 0 Å². The van der Waals surface area contributed by atoms with Crippen LogP contribution in [0, 0.1) is 18.8 Å². The van der Waals surface area contributed by atoms with E-state index in [0.717, 1.165) is 18.2 Å². The summed E-state index contributed by atoms with van der Waals surface area (Å²) in [6.45, 7) is 6.11. The number of aromatic nitrogens is 3. The molecule has 1 aliphatic heterocycles. The summed E-state index contributed by atoms with van der Waals surface area (Å²) in [6.07, 6.45) is 5.07. The Morgan fingerprint density at radius 3 is 2.81 bits per heavy atom. The Kier molecular flexibility index (Phi) is 3.97. The third kappa shape index (κ3) is 2.81. The van der Waals surface area contributed by atoms with Crippen LogP contribution in [0.3, 0.4) is 0 Å². The molecule has 6 nitrogen and oxygen atoms in total. The molecular weight excluding hydrogens is 268 g/mol. The first-order chi connectivity index (χ1) is 10.1. The predicted octanol–water partition coefficient (Wildman–Crippen LogP) is 1.68. The first-order valence-corrected chi connectivity index (χ1v) is 7.91. The molecule has 21 heavy (non-hydrogen) atoms. The highest BCUT2D eigenvalue weighted by atomic mass is 16.4. The van der Waals surface area contributed by atoms with E-state index >= 15 is 0 Å². The Balaban J connectivity index is 1.77. The van der Waals surface area contributed by atoms with Crippen molar-refractivity contribution in [2.45, 2.75) is 58.7 Å². The van der Waals surface area contributed by atoms with Crippen LogP contribution in [0.4, 0.5) is 0 Å². The average molecular weight is 292 g/mol. The number of carbonyl (C=O) groups is 1. The van der Waals surface area contributed by atoms with Gasteiger partial charge < -0.3 is 9.67 Å². The molecule has 0 spiro atoms. The predicted molar refractivity (Wildman–Crippen MR) is 77.7 cm³/mol. The summed E-state index contributed by atoms with van der Waals surface area (Å²) in [5, 5.41) is 17.8. The van der Waals surface area contributed by atoms with Crippen LogP contribution in [0.2, 0.25) is 0 Å². The fraction of sp³-hybridized carbons (Fsp3) is 0.800. The Hall–Kier alpha value is -1.43.